The molecule has 0 atom stereocenters. The summed E-state index contributed by atoms with van der Waals surface area (Å²) in [5.74, 6) is 0.279. The van der Waals surface area contributed by atoms with E-state index in [4.69, 9.17) is 10.5 Å². The van der Waals surface area contributed by atoms with Crippen LogP contribution in [0.2, 0.25) is 0 Å². The maximum Gasteiger partial charge on any atom is 0.218 e. The molecule has 0 fully saturated rings. The van der Waals surface area contributed by atoms with Crippen LogP contribution in [0.3, 0.4) is 0 Å². The van der Waals surface area contributed by atoms with E-state index in [2.05, 4.69) is 0 Å². The number of primary amides is 1. The van der Waals surface area contributed by atoms with Crippen molar-refractivity contribution >= 4 is 15.7 Å². The lowest BCUT2D eigenvalue weighted by Crippen LogP contribution is -2.17. The van der Waals surface area contributed by atoms with Crippen molar-refractivity contribution < 1.29 is 17.9 Å². The van der Waals surface area contributed by atoms with Crippen LogP contribution in [0.4, 0.5) is 0 Å². The molecule has 0 aliphatic heterocycles. The van der Waals surface area contributed by atoms with E-state index < -0.39 is 15.7 Å². The number of benzene rings is 2. The standard InChI is InChI=1S/C15H15NO4S/c16-15(17)10-11-21(18,19)14-8-6-13(7-9-14)20-12-4-2-1-3-5-12/h1-9H,10-11H2,(H2,16,17). The summed E-state index contributed by atoms with van der Waals surface area (Å²) < 4.78 is 29.5. The maximum absolute atomic E-state index is 12.0. The lowest BCUT2D eigenvalue weighted by atomic mass is 10.3. The molecule has 0 saturated heterocycles. The average Bonchev–Trinajstić information content (AvgIpc) is 2.47. The van der Waals surface area contributed by atoms with Crippen molar-refractivity contribution in [2.75, 3.05) is 5.75 Å². The highest BCUT2D eigenvalue weighted by Crippen LogP contribution is 2.23. The molecule has 2 aromatic rings. The Morgan fingerprint density at radius 1 is 0.952 bits per heavy atom. The predicted molar refractivity (Wildman–Crippen MR) is 78.8 cm³/mol. The molecular weight excluding hydrogens is 290 g/mol. The Kier molecular flexibility index (Phi) is 4.59. The number of ether oxygens (including phenoxy) is 1. The zero-order valence-corrected chi connectivity index (χ0v) is 12.0. The second kappa shape index (κ2) is 6.41. The van der Waals surface area contributed by atoms with E-state index in [0.717, 1.165) is 0 Å². The largest absolute Gasteiger partial charge is 0.457 e. The Hall–Kier alpha value is -2.34. The quantitative estimate of drug-likeness (QED) is 0.885. The highest BCUT2D eigenvalue weighted by molar-refractivity contribution is 7.91. The Labute approximate surface area is 123 Å². The molecule has 0 bridgehead atoms. The van der Waals surface area contributed by atoms with Crippen molar-refractivity contribution in [3.63, 3.8) is 0 Å². The fourth-order valence-electron chi connectivity index (χ4n) is 1.69. The van der Waals surface area contributed by atoms with Gasteiger partial charge in [0.05, 0.1) is 10.6 Å². The Bertz CT molecular complexity index is 709. The minimum absolute atomic E-state index is 0.143. The van der Waals surface area contributed by atoms with E-state index in [9.17, 15) is 13.2 Å². The van der Waals surface area contributed by atoms with Gasteiger partial charge in [0.25, 0.3) is 0 Å². The van der Waals surface area contributed by atoms with Crippen LogP contribution in [0.15, 0.2) is 59.5 Å². The van der Waals surface area contributed by atoms with Gasteiger partial charge < -0.3 is 10.5 Å². The van der Waals surface area contributed by atoms with Gasteiger partial charge in [-0.25, -0.2) is 8.42 Å². The zero-order valence-electron chi connectivity index (χ0n) is 11.2. The van der Waals surface area contributed by atoms with Crippen LogP contribution in [0.5, 0.6) is 11.5 Å². The Morgan fingerprint density at radius 2 is 1.52 bits per heavy atom. The molecule has 0 aliphatic rings. The monoisotopic (exact) mass is 305 g/mol. The van der Waals surface area contributed by atoms with Gasteiger partial charge in [0.2, 0.25) is 5.91 Å². The summed E-state index contributed by atoms with van der Waals surface area (Å²) in [6, 6.07) is 15.2. The second-order valence-electron chi connectivity index (χ2n) is 4.42. The van der Waals surface area contributed by atoms with E-state index in [1.807, 2.05) is 18.2 Å². The maximum atomic E-state index is 12.0. The number of hydrogen-bond acceptors (Lipinski definition) is 4. The minimum atomic E-state index is -3.50. The first-order valence-electron chi connectivity index (χ1n) is 6.31. The van der Waals surface area contributed by atoms with Gasteiger partial charge in [-0.3, -0.25) is 4.79 Å². The summed E-state index contributed by atoms with van der Waals surface area (Å²) in [4.78, 5) is 10.8. The van der Waals surface area contributed by atoms with Crippen LogP contribution in [-0.4, -0.2) is 20.1 Å². The molecule has 0 heterocycles. The molecule has 0 unspecified atom stereocenters. The third-order valence-corrected chi connectivity index (χ3v) is 4.51. The first-order valence-corrected chi connectivity index (χ1v) is 7.97. The predicted octanol–water partition coefficient (Wildman–Crippen LogP) is 2.13. The number of nitrogens with two attached hydrogens (primary N) is 1. The molecular formula is C15H15NO4S. The van der Waals surface area contributed by atoms with E-state index in [0.29, 0.717) is 11.5 Å². The van der Waals surface area contributed by atoms with E-state index in [1.54, 1.807) is 24.3 Å². The first kappa shape index (κ1) is 15.1. The van der Waals surface area contributed by atoms with Crippen molar-refractivity contribution in [2.45, 2.75) is 11.3 Å². The summed E-state index contributed by atoms with van der Waals surface area (Å²) in [5.41, 5.74) is 4.96. The number of sulfone groups is 1. The van der Waals surface area contributed by atoms with E-state index in [-0.39, 0.29) is 17.1 Å². The summed E-state index contributed by atoms with van der Waals surface area (Å²) in [6.07, 6.45) is -0.190. The van der Waals surface area contributed by atoms with Crippen molar-refractivity contribution in [3.8, 4) is 11.5 Å². The summed E-state index contributed by atoms with van der Waals surface area (Å²) >= 11 is 0. The lowest BCUT2D eigenvalue weighted by molar-refractivity contribution is -0.117. The highest BCUT2D eigenvalue weighted by Gasteiger charge is 2.15. The molecule has 0 aromatic heterocycles. The number of carbonyl (C=O) groups excluding carboxylic acids is 1. The fraction of sp³-hybridized carbons (Fsp3) is 0.133. The van der Waals surface area contributed by atoms with Crippen molar-refractivity contribution in [1.29, 1.82) is 0 Å². The zero-order chi connectivity index (χ0) is 15.3. The number of amides is 1. The first-order chi connectivity index (χ1) is 9.97. The molecule has 0 aliphatic carbocycles. The molecule has 0 spiro atoms. The summed E-state index contributed by atoms with van der Waals surface area (Å²) in [7, 11) is -3.50. The molecule has 2 aromatic carbocycles. The molecule has 0 radical (unpaired) electrons. The molecule has 21 heavy (non-hydrogen) atoms. The molecule has 2 rings (SSSR count). The number of para-hydroxylation sites is 1. The fourth-order valence-corrected chi connectivity index (χ4v) is 2.95. The van der Waals surface area contributed by atoms with Gasteiger partial charge in [0.1, 0.15) is 11.5 Å². The van der Waals surface area contributed by atoms with Gasteiger partial charge in [0, 0.05) is 6.42 Å². The van der Waals surface area contributed by atoms with Crippen LogP contribution in [-0.2, 0) is 14.6 Å². The van der Waals surface area contributed by atoms with Gasteiger partial charge >= 0.3 is 0 Å². The third kappa shape index (κ3) is 4.32. The SMILES string of the molecule is NC(=O)CCS(=O)(=O)c1ccc(Oc2ccccc2)cc1. The number of carbonyl (C=O) groups is 1. The van der Waals surface area contributed by atoms with Crippen LogP contribution >= 0.6 is 0 Å². The Balaban J connectivity index is 2.10. The number of hydrogen-bond donors (Lipinski definition) is 1. The van der Waals surface area contributed by atoms with Crippen molar-refractivity contribution in [3.05, 3.63) is 54.6 Å². The molecule has 5 nitrogen and oxygen atoms in total. The van der Waals surface area contributed by atoms with Gasteiger partial charge in [-0.05, 0) is 36.4 Å². The van der Waals surface area contributed by atoms with Crippen molar-refractivity contribution in [2.24, 2.45) is 5.73 Å². The average molecular weight is 305 g/mol. The summed E-state index contributed by atoms with van der Waals surface area (Å²) in [6.45, 7) is 0. The highest BCUT2D eigenvalue weighted by atomic mass is 32.2. The van der Waals surface area contributed by atoms with Gasteiger partial charge in [-0.1, -0.05) is 18.2 Å². The van der Waals surface area contributed by atoms with Gasteiger partial charge in [-0.2, -0.15) is 0 Å². The Morgan fingerprint density at radius 3 is 2.10 bits per heavy atom. The smallest absolute Gasteiger partial charge is 0.218 e. The van der Waals surface area contributed by atoms with E-state index in [1.165, 1.54) is 12.1 Å². The molecule has 2 N–H and O–H groups in total. The van der Waals surface area contributed by atoms with Gasteiger partial charge in [0.15, 0.2) is 9.84 Å². The van der Waals surface area contributed by atoms with Gasteiger partial charge in [-0.15, -0.1) is 0 Å². The molecule has 1 amide bonds. The van der Waals surface area contributed by atoms with Crippen LogP contribution in [0, 0.1) is 0 Å². The van der Waals surface area contributed by atoms with Crippen LogP contribution < -0.4 is 10.5 Å². The second-order valence-corrected chi connectivity index (χ2v) is 6.53. The number of rotatable bonds is 6. The third-order valence-electron chi connectivity index (χ3n) is 2.78. The lowest BCUT2D eigenvalue weighted by Gasteiger charge is -2.07. The molecule has 0 saturated carbocycles. The molecule has 110 valence electrons. The minimum Gasteiger partial charge on any atom is -0.457 e. The normalized spacial score (nSPS) is 11.0. The van der Waals surface area contributed by atoms with E-state index >= 15 is 0 Å². The van der Waals surface area contributed by atoms with Crippen molar-refractivity contribution in [1.82, 2.24) is 0 Å². The van der Waals surface area contributed by atoms with Crippen LogP contribution in [0.1, 0.15) is 6.42 Å². The summed E-state index contributed by atoms with van der Waals surface area (Å²) in [5, 5.41) is 0. The van der Waals surface area contributed by atoms with Crippen LogP contribution in [0.25, 0.3) is 0 Å². The topological polar surface area (TPSA) is 86.5 Å². The molecule has 6 heteroatoms.